The maximum Gasteiger partial charge on any atom is 0.426 e. The summed E-state index contributed by atoms with van der Waals surface area (Å²) in [5.41, 5.74) is 3.43. The summed E-state index contributed by atoms with van der Waals surface area (Å²) in [7, 11) is 2.05. The number of pyridine rings is 1. The number of rotatable bonds is 6. The van der Waals surface area contributed by atoms with E-state index >= 15 is 0 Å². The molecule has 5 rings (SSSR count). The van der Waals surface area contributed by atoms with Crippen molar-refractivity contribution in [3.63, 3.8) is 0 Å². The van der Waals surface area contributed by atoms with Crippen LogP contribution in [0.15, 0.2) is 42.5 Å². The van der Waals surface area contributed by atoms with E-state index in [1.54, 1.807) is 9.58 Å². The van der Waals surface area contributed by atoms with Gasteiger partial charge in [0.05, 0.1) is 5.69 Å². The summed E-state index contributed by atoms with van der Waals surface area (Å²) in [5, 5.41) is 11.8. The molecule has 1 aromatic carbocycles. The van der Waals surface area contributed by atoms with E-state index in [0.29, 0.717) is 31.2 Å². The van der Waals surface area contributed by atoms with Gasteiger partial charge in [0.15, 0.2) is 5.65 Å². The maximum atomic E-state index is 12.1. The van der Waals surface area contributed by atoms with Gasteiger partial charge in [-0.2, -0.15) is 4.98 Å². The number of carbonyl (C=O) groups is 2. The van der Waals surface area contributed by atoms with Crippen LogP contribution in [-0.2, 0) is 16.2 Å². The number of fused-ring (bicyclic) bond motifs is 1. The minimum atomic E-state index is -0.447. The van der Waals surface area contributed by atoms with Gasteiger partial charge in [0.25, 0.3) is 0 Å². The summed E-state index contributed by atoms with van der Waals surface area (Å²) in [5.74, 6) is 0.394. The maximum absolute atomic E-state index is 12.1. The highest BCUT2D eigenvalue weighted by atomic mass is 16.7. The number of hydrogen-bond acceptors (Lipinski definition) is 7. The van der Waals surface area contributed by atoms with Gasteiger partial charge in [-0.05, 0) is 37.6 Å². The first kappa shape index (κ1) is 21.4. The molecule has 1 saturated heterocycles. The van der Waals surface area contributed by atoms with E-state index in [9.17, 15) is 9.59 Å². The number of nitrogens with zero attached hydrogens (tertiary/aromatic N) is 5. The van der Waals surface area contributed by atoms with Gasteiger partial charge >= 0.3 is 6.09 Å². The molecule has 3 heterocycles. The SMILES string of the molecule is CN1CCN(OC(=O)NCc2ccc(-c3cccc4nc(NC(=O)C5CC5)nn34)cc2)CC1. The van der Waals surface area contributed by atoms with Crippen LogP contribution in [0, 0.1) is 5.92 Å². The highest BCUT2D eigenvalue weighted by Gasteiger charge is 2.30. The molecule has 1 aliphatic heterocycles. The number of anilines is 1. The highest BCUT2D eigenvalue weighted by molar-refractivity contribution is 5.92. The number of hydroxylamine groups is 2. The third-order valence-corrected chi connectivity index (χ3v) is 5.90. The summed E-state index contributed by atoms with van der Waals surface area (Å²) >= 11 is 0. The Kier molecular flexibility index (Phi) is 5.93. The number of amides is 2. The van der Waals surface area contributed by atoms with Crippen LogP contribution < -0.4 is 10.6 Å². The van der Waals surface area contributed by atoms with Gasteiger partial charge in [-0.15, -0.1) is 10.2 Å². The molecular weight excluding hydrogens is 422 g/mol. The summed E-state index contributed by atoms with van der Waals surface area (Å²) < 4.78 is 1.73. The molecule has 0 unspecified atom stereocenters. The van der Waals surface area contributed by atoms with E-state index in [2.05, 4.69) is 32.7 Å². The zero-order valence-electron chi connectivity index (χ0n) is 18.5. The van der Waals surface area contributed by atoms with Crippen LogP contribution in [0.1, 0.15) is 18.4 Å². The molecular formula is C23H27N7O3. The number of nitrogens with one attached hydrogen (secondary N) is 2. The van der Waals surface area contributed by atoms with Gasteiger partial charge in [-0.1, -0.05) is 30.3 Å². The molecule has 0 atom stereocenters. The lowest BCUT2D eigenvalue weighted by Gasteiger charge is -2.30. The van der Waals surface area contributed by atoms with E-state index in [-0.39, 0.29) is 11.8 Å². The monoisotopic (exact) mass is 449 g/mol. The average molecular weight is 450 g/mol. The summed E-state index contributed by atoms with van der Waals surface area (Å²) in [6.07, 6.45) is 1.41. The first-order chi connectivity index (χ1) is 16.0. The number of hydrogen-bond donors (Lipinski definition) is 2. The van der Waals surface area contributed by atoms with E-state index in [0.717, 1.165) is 42.8 Å². The second-order valence-corrected chi connectivity index (χ2v) is 8.54. The largest absolute Gasteiger partial charge is 0.426 e. The minimum Gasteiger partial charge on any atom is -0.351 e. The van der Waals surface area contributed by atoms with Gasteiger partial charge in [0.2, 0.25) is 11.9 Å². The van der Waals surface area contributed by atoms with E-state index in [4.69, 9.17) is 4.84 Å². The first-order valence-electron chi connectivity index (χ1n) is 11.2. The van der Waals surface area contributed by atoms with Crippen molar-refractivity contribution in [1.82, 2.24) is 29.9 Å². The molecule has 2 aromatic heterocycles. The Hall–Kier alpha value is -3.50. The zero-order valence-corrected chi connectivity index (χ0v) is 18.5. The van der Waals surface area contributed by atoms with Gasteiger partial charge in [-0.25, -0.2) is 9.31 Å². The Morgan fingerprint density at radius 2 is 1.82 bits per heavy atom. The zero-order chi connectivity index (χ0) is 22.8. The van der Waals surface area contributed by atoms with Crippen molar-refractivity contribution in [2.24, 2.45) is 5.92 Å². The third kappa shape index (κ3) is 5.12. The Balaban J connectivity index is 1.21. The number of carbonyl (C=O) groups excluding carboxylic acids is 2. The van der Waals surface area contributed by atoms with Gasteiger partial charge < -0.3 is 15.1 Å². The Bertz CT molecular complexity index is 1150. The normalized spacial score (nSPS) is 17.1. The molecule has 33 heavy (non-hydrogen) atoms. The van der Waals surface area contributed by atoms with E-state index in [1.807, 2.05) is 42.5 Å². The van der Waals surface area contributed by atoms with Crippen LogP contribution in [0.3, 0.4) is 0 Å². The molecule has 1 aliphatic carbocycles. The smallest absolute Gasteiger partial charge is 0.351 e. The summed E-state index contributed by atoms with van der Waals surface area (Å²) in [6, 6.07) is 13.6. The van der Waals surface area contributed by atoms with Crippen molar-refractivity contribution in [3.8, 4) is 11.3 Å². The Labute approximate surface area is 191 Å². The van der Waals surface area contributed by atoms with Crippen LogP contribution in [0.5, 0.6) is 0 Å². The molecule has 10 heteroatoms. The van der Waals surface area contributed by atoms with Crippen LogP contribution in [0.2, 0.25) is 0 Å². The van der Waals surface area contributed by atoms with Crippen molar-refractivity contribution in [2.75, 3.05) is 38.5 Å². The van der Waals surface area contributed by atoms with Gasteiger partial charge in [0, 0.05) is 44.2 Å². The molecule has 172 valence electrons. The molecule has 10 nitrogen and oxygen atoms in total. The predicted molar refractivity (Wildman–Crippen MR) is 122 cm³/mol. The summed E-state index contributed by atoms with van der Waals surface area (Å²) in [6.45, 7) is 3.54. The van der Waals surface area contributed by atoms with Crippen LogP contribution >= 0.6 is 0 Å². The third-order valence-electron chi connectivity index (χ3n) is 5.90. The standard InChI is InChI=1S/C23H27N7O3/c1-28-11-13-29(14-12-28)33-23(32)24-15-16-5-7-17(8-6-16)19-3-2-4-20-25-22(27-30(19)20)26-21(31)18-9-10-18/h2-8,18H,9-15H2,1H3,(H,24,32)(H,26,27,31). The molecule has 0 bridgehead atoms. The van der Waals surface area contributed by atoms with Crippen LogP contribution in [-0.4, -0.2) is 69.8 Å². The number of likely N-dealkylation sites (N-methyl/N-ethyl adjacent to an activating group) is 1. The second-order valence-electron chi connectivity index (χ2n) is 8.54. The van der Waals surface area contributed by atoms with Crippen molar-refractivity contribution in [1.29, 1.82) is 0 Å². The number of aromatic nitrogens is 3. The topological polar surface area (TPSA) is 104 Å². The van der Waals surface area contributed by atoms with Crippen LogP contribution in [0.25, 0.3) is 16.9 Å². The fourth-order valence-electron chi connectivity index (χ4n) is 3.73. The summed E-state index contributed by atoms with van der Waals surface area (Å²) in [4.78, 5) is 36.1. The van der Waals surface area contributed by atoms with Crippen molar-refractivity contribution in [2.45, 2.75) is 19.4 Å². The second kappa shape index (κ2) is 9.16. The predicted octanol–water partition coefficient (Wildman–Crippen LogP) is 2.13. The minimum absolute atomic E-state index is 0.0181. The number of piperazine rings is 1. The van der Waals surface area contributed by atoms with Crippen LogP contribution in [0.4, 0.5) is 10.7 Å². The molecule has 0 radical (unpaired) electrons. The van der Waals surface area contributed by atoms with Crippen molar-refractivity contribution < 1.29 is 14.4 Å². The molecule has 2 amide bonds. The molecule has 2 fully saturated rings. The lowest BCUT2D eigenvalue weighted by molar-refractivity contribution is -0.120. The molecule has 1 saturated carbocycles. The van der Waals surface area contributed by atoms with E-state index < -0.39 is 6.09 Å². The molecule has 2 N–H and O–H groups in total. The fourth-order valence-corrected chi connectivity index (χ4v) is 3.73. The molecule has 3 aromatic rings. The number of benzene rings is 1. The van der Waals surface area contributed by atoms with Gasteiger partial charge in [-0.3, -0.25) is 10.1 Å². The quantitative estimate of drug-likeness (QED) is 0.594. The molecule has 0 spiro atoms. The molecule has 2 aliphatic rings. The van der Waals surface area contributed by atoms with Crippen molar-refractivity contribution in [3.05, 3.63) is 48.0 Å². The Morgan fingerprint density at radius 3 is 2.55 bits per heavy atom. The fraction of sp³-hybridized carbons (Fsp3) is 0.391. The Morgan fingerprint density at radius 1 is 1.06 bits per heavy atom. The lowest BCUT2D eigenvalue weighted by Crippen LogP contribution is -2.46. The average Bonchev–Trinajstić information content (AvgIpc) is 3.59. The van der Waals surface area contributed by atoms with E-state index in [1.165, 1.54) is 0 Å². The highest BCUT2D eigenvalue weighted by Crippen LogP contribution is 2.30. The van der Waals surface area contributed by atoms with Crippen molar-refractivity contribution >= 4 is 23.6 Å². The van der Waals surface area contributed by atoms with Gasteiger partial charge in [0.1, 0.15) is 0 Å². The first-order valence-corrected chi connectivity index (χ1v) is 11.2. The lowest BCUT2D eigenvalue weighted by atomic mass is 10.1.